The van der Waals surface area contributed by atoms with Crippen LogP contribution < -0.4 is 10.5 Å². The Bertz CT molecular complexity index is 381. The van der Waals surface area contributed by atoms with Gasteiger partial charge in [0.15, 0.2) is 6.10 Å². The molecular weight excluding hydrogens is 274 g/mol. The van der Waals surface area contributed by atoms with E-state index in [1.54, 1.807) is 0 Å². The Morgan fingerprint density at radius 1 is 1.62 bits per heavy atom. The Kier molecular flexibility index (Phi) is 4.76. The molecule has 0 aliphatic heterocycles. The van der Waals surface area contributed by atoms with Gasteiger partial charge in [0.1, 0.15) is 5.75 Å². The molecule has 1 aromatic rings. The highest BCUT2D eigenvalue weighted by atomic mass is 79.9. The minimum atomic E-state index is -0.991. The van der Waals surface area contributed by atoms with E-state index in [2.05, 4.69) is 15.9 Å². The molecule has 0 saturated heterocycles. The molecule has 1 atom stereocenters. The topological polar surface area (TPSA) is 72.5 Å². The van der Waals surface area contributed by atoms with Crippen molar-refractivity contribution < 1.29 is 14.6 Å². The summed E-state index contributed by atoms with van der Waals surface area (Å²) in [5.74, 6) is -0.433. The molecule has 0 aliphatic carbocycles. The third-order valence-corrected chi connectivity index (χ3v) is 2.73. The van der Waals surface area contributed by atoms with Crippen LogP contribution in [-0.4, -0.2) is 23.7 Å². The van der Waals surface area contributed by atoms with E-state index in [9.17, 15) is 4.79 Å². The van der Waals surface area contributed by atoms with Gasteiger partial charge in [0.05, 0.1) is 4.47 Å². The number of ether oxygens (including phenoxy) is 1. The van der Waals surface area contributed by atoms with Crippen LogP contribution in [0.5, 0.6) is 5.75 Å². The number of aliphatic carboxylic acids is 1. The third kappa shape index (κ3) is 3.21. The van der Waals surface area contributed by atoms with Crippen molar-refractivity contribution in [2.75, 3.05) is 6.54 Å². The standard InChI is InChI=1S/C11H14BrNO3/c1-7(11(14)15)16-10-8(5-6-13)3-2-4-9(10)12/h2-4,7H,5-6,13H2,1H3,(H,14,15). The van der Waals surface area contributed by atoms with E-state index in [4.69, 9.17) is 15.6 Å². The molecule has 16 heavy (non-hydrogen) atoms. The highest BCUT2D eigenvalue weighted by Gasteiger charge is 2.16. The SMILES string of the molecule is CC(Oc1c(Br)cccc1CCN)C(=O)O. The zero-order chi connectivity index (χ0) is 12.1. The predicted octanol–water partition coefficient (Wildman–Crippen LogP) is 1.80. The molecule has 1 aromatic carbocycles. The molecule has 88 valence electrons. The number of carboxylic acids is 1. The van der Waals surface area contributed by atoms with Crippen LogP contribution >= 0.6 is 15.9 Å². The maximum Gasteiger partial charge on any atom is 0.344 e. The summed E-state index contributed by atoms with van der Waals surface area (Å²) < 4.78 is 6.13. The highest BCUT2D eigenvalue weighted by Crippen LogP contribution is 2.30. The molecular formula is C11H14BrNO3. The number of rotatable bonds is 5. The van der Waals surface area contributed by atoms with E-state index >= 15 is 0 Å². The molecule has 4 nitrogen and oxygen atoms in total. The quantitative estimate of drug-likeness (QED) is 0.866. The van der Waals surface area contributed by atoms with Crippen molar-refractivity contribution in [1.29, 1.82) is 0 Å². The molecule has 3 N–H and O–H groups in total. The van der Waals surface area contributed by atoms with E-state index in [0.717, 1.165) is 10.0 Å². The first-order valence-corrected chi connectivity index (χ1v) is 5.72. The first kappa shape index (κ1) is 13.0. The Morgan fingerprint density at radius 2 is 2.31 bits per heavy atom. The Labute approximate surface area is 103 Å². The van der Waals surface area contributed by atoms with Gasteiger partial charge in [0.2, 0.25) is 0 Å². The Morgan fingerprint density at radius 3 is 2.88 bits per heavy atom. The first-order valence-electron chi connectivity index (χ1n) is 4.93. The fraction of sp³-hybridized carbons (Fsp3) is 0.364. The van der Waals surface area contributed by atoms with Gasteiger partial charge in [0, 0.05) is 0 Å². The van der Waals surface area contributed by atoms with Crippen LogP contribution in [0.15, 0.2) is 22.7 Å². The highest BCUT2D eigenvalue weighted by molar-refractivity contribution is 9.10. The normalized spacial score (nSPS) is 12.2. The van der Waals surface area contributed by atoms with Crippen LogP contribution in [0.4, 0.5) is 0 Å². The number of carbonyl (C=O) groups is 1. The van der Waals surface area contributed by atoms with E-state index < -0.39 is 12.1 Å². The summed E-state index contributed by atoms with van der Waals surface area (Å²) in [4.78, 5) is 10.7. The Balaban J connectivity index is 2.96. The first-order chi connectivity index (χ1) is 7.56. The molecule has 1 rings (SSSR count). The number of hydrogen-bond acceptors (Lipinski definition) is 3. The summed E-state index contributed by atoms with van der Waals surface area (Å²) in [6, 6.07) is 5.55. The van der Waals surface area contributed by atoms with Gasteiger partial charge in [-0.1, -0.05) is 12.1 Å². The molecule has 1 unspecified atom stereocenters. The molecule has 0 amide bonds. The second-order valence-electron chi connectivity index (χ2n) is 3.37. The van der Waals surface area contributed by atoms with Crippen molar-refractivity contribution in [2.45, 2.75) is 19.4 Å². The summed E-state index contributed by atoms with van der Waals surface area (Å²) in [7, 11) is 0. The summed E-state index contributed by atoms with van der Waals surface area (Å²) in [5, 5.41) is 8.79. The van der Waals surface area contributed by atoms with Crippen molar-refractivity contribution in [2.24, 2.45) is 5.73 Å². The van der Waals surface area contributed by atoms with Crippen LogP contribution in [-0.2, 0) is 11.2 Å². The molecule has 0 heterocycles. The number of para-hydroxylation sites is 1. The maximum absolute atomic E-state index is 10.7. The molecule has 0 saturated carbocycles. The van der Waals surface area contributed by atoms with Gasteiger partial charge in [-0.2, -0.15) is 0 Å². The van der Waals surface area contributed by atoms with Gasteiger partial charge < -0.3 is 15.6 Å². The number of halogens is 1. The average molecular weight is 288 g/mol. The zero-order valence-electron chi connectivity index (χ0n) is 8.94. The van der Waals surface area contributed by atoms with Crippen LogP contribution in [0, 0.1) is 0 Å². The van der Waals surface area contributed by atoms with Crippen LogP contribution in [0.2, 0.25) is 0 Å². The number of carboxylic acid groups (broad SMARTS) is 1. The van der Waals surface area contributed by atoms with Gasteiger partial charge in [-0.3, -0.25) is 0 Å². The van der Waals surface area contributed by atoms with Crippen LogP contribution in [0.1, 0.15) is 12.5 Å². The molecule has 5 heteroatoms. The monoisotopic (exact) mass is 287 g/mol. The van der Waals surface area contributed by atoms with E-state index in [0.29, 0.717) is 18.7 Å². The lowest BCUT2D eigenvalue weighted by Crippen LogP contribution is -2.23. The van der Waals surface area contributed by atoms with Crippen molar-refractivity contribution >= 4 is 21.9 Å². The fourth-order valence-corrected chi connectivity index (χ4v) is 1.77. The summed E-state index contributed by atoms with van der Waals surface area (Å²) in [5.41, 5.74) is 6.39. The van der Waals surface area contributed by atoms with E-state index in [1.165, 1.54) is 6.92 Å². The largest absolute Gasteiger partial charge is 0.479 e. The van der Waals surface area contributed by atoms with Crippen molar-refractivity contribution in [3.05, 3.63) is 28.2 Å². The van der Waals surface area contributed by atoms with Crippen molar-refractivity contribution in [3.8, 4) is 5.75 Å². The van der Waals surface area contributed by atoms with Gasteiger partial charge in [0.25, 0.3) is 0 Å². The lowest BCUT2D eigenvalue weighted by molar-refractivity contribution is -0.144. The minimum Gasteiger partial charge on any atom is -0.479 e. The molecule has 0 spiro atoms. The maximum atomic E-state index is 10.7. The summed E-state index contributed by atoms with van der Waals surface area (Å²) in [6.45, 7) is 1.99. The predicted molar refractivity (Wildman–Crippen MR) is 64.6 cm³/mol. The lowest BCUT2D eigenvalue weighted by atomic mass is 10.1. The fourth-order valence-electron chi connectivity index (χ4n) is 1.27. The second-order valence-corrected chi connectivity index (χ2v) is 4.22. The molecule has 0 fully saturated rings. The second kappa shape index (κ2) is 5.86. The van der Waals surface area contributed by atoms with Gasteiger partial charge >= 0.3 is 5.97 Å². The van der Waals surface area contributed by atoms with Crippen LogP contribution in [0.25, 0.3) is 0 Å². The zero-order valence-corrected chi connectivity index (χ0v) is 10.5. The van der Waals surface area contributed by atoms with E-state index in [-0.39, 0.29) is 0 Å². The van der Waals surface area contributed by atoms with Crippen LogP contribution in [0.3, 0.4) is 0 Å². The molecule has 0 aromatic heterocycles. The van der Waals surface area contributed by atoms with Crippen molar-refractivity contribution in [3.63, 3.8) is 0 Å². The number of benzene rings is 1. The van der Waals surface area contributed by atoms with Gasteiger partial charge in [-0.05, 0) is 47.4 Å². The van der Waals surface area contributed by atoms with Gasteiger partial charge in [-0.25, -0.2) is 4.79 Å². The minimum absolute atomic E-state index is 0.494. The number of hydrogen-bond donors (Lipinski definition) is 2. The van der Waals surface area contributed by atoms with E-state index in [1.807, 2.05) is 18.2 Å². The molecule has 0 radical (unpaired) electrons. The molecule has 0 aliphatic rings. The third-order valence-electron chi connectivity index (χ3n) is 2.10. The number of nitrogens with two attached hydrogens (primary N) is 1. The smallest absolute Gasteiger partial charge is 0.344 e. The summed E-state index contributed by atoms with van der Waals surface area (Å²) >= 11 is 3.34. The molecule has 0 bridgehead atoms. The Hall–Kier alpha value is -1.07. The summed E-state index contributed by atoms with van der Waals surface area (Å²) in [6.07, 6.45) is -0.226. The van der Waals surface area contributed by atoms with Gasteiger partial charge in [-0.15, -0.1) is 0 Å². The average Bonchev–Trinajstić information content (AvgIpc) is 2.23. The lowest BCUT2D eigenvalue weighted by Gasteiger charge is -2.15. The van der Waals surface area contributed by atoms with Crippen molar-refractivity contribution in [1.82, 2.24) is 0 Å².